The normalized spacial score (nSPS) is 30.6. The lowest BCUT2D eigenvalue weighted by molar-refractivity contribution is -0.133. The van der Waals surface area contributed by atoms with E-state index in [-0.39, 0.29) is 5.54 Å². The molecule has 0 radical (unpaired) electrons. The predicted molar refractivity (Wildman–Crippen MR) is 72.1 cm³/mol. The number of rotatable bonds is 5. The zero-order chi connectivity index (χ0) is 12.6. The molecule has 102 valence electrons. The van der Waals surface area contributed by atoms with Crippen LogP contribution in [0.3, 0.4) is 0 Å². The van der Waals surface area contributed by atoms with E-state index in [0.717, 1.165) is 38.1 Å². The molecule has 1 atom stereocenters. The number of nitrogens with one attached hydrogen (secondary N) is 1. The average molecular weight is 250 g/mol. The van der Waals surface area contributed by atoms with Crippen LogP contribution in [0.25, 0.3) is 0 Å². The maximum atomic E-state index is 12.7. The molecule has 3 heteroatoms. The molecule has 3 nitrogen and oxygen atoms in total. The van der Waals surface area contributed by atoms with Gasteiger partial charge in [-0.3, -0.25) is 10.1 Å². The summed E-state index contributed by atoms with van der Waals surface area (Å²) >= 11 is 0. The summed E-state index contributed by atoms with van der Waals surface area (Å²) in [6.45, 7) is 3.20. The fraction of sp³-hybridized carbons (Fsp3) is 0.933. The molecule has 1 spiro atoms. The van der Waals surface area contributed by atoms with Crippen molar-refractivity contribution >= 4 is 5.91 Å². The smallest absolute Gasteiger partial charge is 0.244 e. The Labute approximate surface area is 110 Å². The van der Waals surface area contributed by atoms with Crippen LogP contribution in [-0.2, 0) is 4.79 Å². The zero-order valence-electron chi connectivity index (χ0n) is 11.6. The van der Waals surface area contributed by atoms with Crippen LogP contribution in [-0.4, -0.2) is 29.1 Å². The third kappa shape index (κ3) is 2.18. The fourth-order valence-corrected chi connectivity index (χ4v) is 3.70. The van der Waals surface area contributed by atoms with Crippen LogP contribution >= 0.6 is 0 Å². The van der Waals surface area contributed by atoms with Crippen molar-refractivity contribution in [2.45, 2.75) is 76.4 Å². The maximum absolute atomic E-state index is 12.7. The number of carbonyl (C=O) groups excluding carboxylic acids is 1. The largest absolute Gasteiger partial charge is 0.326 e. The molecular weight excluding hydrogens is 224 g/mol. The highest BCUT2D eigenvalue weighted by Crippen LogP contribution is 2.38. The molecule has 3 rings (SSSR count). The average Bonchev–Trinajstić information content (AvgIpc) is 3.01. The molecule has 1 aliphatic heterocycles. The quantitative estimate of drug-likeness (QED) is 0.813. The molecule has 18 heavy (non-hydrogen) atoms. The standard InChI is InChI=1S/C15H26N2O/c1-2-5-13-16-15(9-3-4-10-15)14(18)17(13)11-8-12-6-7-12/h12-13,16H,2-11H2,1H3. The first kappa shape index (κ1) is 12.5. The minimum absolute atomic E-state index is 0.163. The van der Waals surface area contributed by atoms with Crippen LogP contribution in [0.1, 0.15) is 64.7 Å². The van der Waals surface area contributed by atoms with Gasteiger partial charge in [-0.1, -0.05) is 39.0 Å². The summed E-state index contributed by atoms with van der Waals surface area (Å²) in [4.78, 5) is 14.9. The van der Waals surface area contributed by atoms with Gasteiger partial charge >= 0.3 is 0 Å². The van der Waals surface area contributed by atoms with Crippen molar-refractivity contribution in [2.24, 2.45) is 5.92 Å². The van der Waals surface area contributed by atoms with Crippen LogP contribution in [0.4, 0.5) is 0 Å². The first-order valence-corrected chi connectivity index (χ1v) is 7.84. The lowest BCUT2D eigenvalue weighted by atomic mass is 9.98. The Kier molecular flexibility index (Phi) is 3.35. The Morgan fingerprint density at radius 1 is 1.28 bits per heavy atom. The molecule has 3 fully saturated rings. The molecule has 1 unspecified atom stereocenters. The summed E-state index contributed by atoms with van der Waals surface area (Å²) < 4.78 is 0. The molecule has 0 bridgehead atoms. The summed E-state index contributed by atoms with van der Waals surface area (Å²) in [5.41, 5.74) is -0.163. The van der Waals surface area contributed by atoms with Gasteiger partial charge in [-0.05, 0) is 31.6 Å². The van der Waals surface area contributed by atoms with E-state index < -0.39 is 0 Å². The molecule has 1 amide bonds. The molecule has 2 saturated carbocycles. The van der Waals surface area contributed by atoms with Crippen LogP contribution < -0.4 is 5.32 Å². The highest BCUT2D eigenvalue weighted by Gasteiger charge is 2.51. The molecule has 2 aliphatic carbocycles. The number of amides is 1. The summed E-state index contributed by atoms with van der Waals surface area (Å²) in [5.74, 6) is 1.33. The van der Waals surface area contributed by atoms with Crippen LogP contribution in [0, 0.1) is 5.92 Å². The van der Waals surface area contributed by atoms with E-state index in [0.29, 0.717) is 12.1 Å². The Bertz CT molecular complexity index is 318. The minimum Gasteiger partial charge on any atom is -0.326 e. The summed E-state index contributed by atoms with van der Waals surface area (Å²) in [6.07, 6.45) is 11.1. The molecule has 0 aromatic carbocycles. The Balaban J connectivity index is 1.68. The van der Waals surface area contributed by atoms with Gasteiger partial charge in [0.15, 0.2) is 0 Å². The zero-order valence-corrected chi connectivity index (χ0v) is 11.6. The van der Waals surface area contributed by atoms with Gasteiger partial charge in [-0.15, -0.1) is 0 Å². The predicted octanol–water partition coefficient (Wildman–Crippen LogP) is 2.66. The van der Waals surface area contributed by atoms with Gasteiger partial charge in [0, 0.05) is 6.54 Å². The number of carbonyl (C=O) groups is 1. The number of hydrogen-bond donors (Lipinski definition) is 1. The van der Waals surface area contributed by atoms with Crippen molar-refractivity contribution in [3.05, 3.63) is 0 Å². The molecule has 1 N–H and O–H groups in total. The van der Waals surface area contributed by atoms with Crippen molar-refractivity contribution in [2.75, 3.05) is 6.54 Å². The van der Waals surface area contributed by atoms with E-state index >= 15 is 0 Å². The second-order valence-corrected chi connectivity index (χ2v) is 6.47. The lowest BCUT2D eigenvalue weighted by Gasteiger charge is -2.23. The van der Waals surface area contributed by atoms with Gasteiger partial charge < -0.3 is 4.90 Å². The first-order valence-electron chi connectivity index (χ1n) is 7.84. The van der Waals surface area contributed by atoms with Crippen LogP contribution in [0.5, 0.6) is 0 Å². The van der Waals surface area contributed by atoms with Crippen molar-refractivity contribution in [3.8, 4) is 0 Å². The summed E-state index contributed by atoms with van der Waals surface area (Å²) in [5, 5.41) is 3.69. The monoisotopic (exact) mass is 250 g/mol. The summed E-state index contributed by atoms with van der Waals surface area (Å²) in [6, 6.07) is 0. The number of nitrogens with zero attached hydrogens (tertiary/aromatic N) is 1. The van der Waals surface area contributed by atoms with E-state index in [1.54, 1.807) is 0 Å². The van der Waals surface area contributed by atoms with Crippen molar-refractivity contribution < 1.29 is 4.79 Å². The van der Waals surface area contributed by atoms with Crippen molar-refractivity contribution in [1.29, 1.82) is 0 Å². The van der Waals surface area contributed by atoms with Gasteiger partial charge in [0.2, 0.25) is 5.91 Å². The van der Waals surface area contributed by atoms with E-state index in [4.69, 9.17) is 0 Å². The highest BCUT2D eigenvalue weighted by molar-refractivity contribution is 5.89. The number of hydrogen-bond acceptors (Lipinski definition) is 2. The molecule has 0 aromatic rings. The third-order valence-corrected chi connectivity index (χ3v) is 4.98. The topological polar surface area (TPSA) is 32.3 Å². The molecular formula is C15H26N2O. The minimum atomic E-state index is -0.163. The highest BCUT2D eigenvalue weighted by atomic mass is 16.2. The van der Waals surface area contributed by atoms with Crippen LogP contribution in [0.15, 0.2) is 0 Å². The third-order valence-electron chi connectivity index (χ3n) is 4.98. The Morgan fingerprint density at radius 3 is 2.61 bits per heavy atom. The van der Waals surface area contributed by atoms with Crippen molar-refractivity contribution in [1.82, 2.24) is 10.2 Å². The van der Waals surface area contributed by atoms with Crippen molar-refractivity contribution in [3.63, 3.8) is 0 Å². The summed E-state index contributed by atoms with van der Waals surface area (Å²) in [7, 11) is 0. The van der Waals surface area contributed by atoms with Gasteiger partial charge in [-0.2, -0.15) is 0 Å². The Morgan fingerprint density at radius 2 is 2.00 bits per heavy atom. The van der Waals surface area contributed by atoms with Gasteiger partial charge in [0.25, 0.3) is 0 Å². The molecule has 1 saturated heterocycles. The van der Waals surface area contributed by atoms with E-state index in [2.05, 4.69) is 17.1 Å². The van der Waals surface area contributed by atoms with Gasteiger partial charge in [0.05, 0.1) is 11.7 Å². The van der Waals surface area contributed by atoms with Gasteiger partial charge in [-0.25, -0.2) is 0 Å². The first-order chi connectivity index (χ1) is 8.75. The second-order valence-electron chi connectivity index (χ2n) is 6.47. The van der Waals surface area contributed by atoms with E-state index in [1.165, 1.54) is 32.1 Å². The van der Waals surface area contributed by atoms with Gasteiger partial charge in [0.1, 0.15) is 0 Å². The van der Waals surface area contributed by atoms with E-state index in [1.807, 2.05) is 0 Å². The van der Waals surface area contributed by atoms with Crippen LogP contribution in [0.2, 0.25) is 0 Å². The molecule has 0 aromatic heterocycles. The maximum Gasteiger partial charge on any atom is 0.244 e. The lowest BCUT2D eigenvalue weighted by Crippen LogP contribution is -2.44. The SMILES string of the molecule is CCCC1NC2(CCCC2)C(=O)N1CCC1CC1. The molecule has 1 heterocycles. The second kappa shape index (κ2) is 4.84. The fourth-order valence-electron chi connectivity index (χ4n) is 3.70. The molecule has 3 aliphatic rings. The Hall–Kier alpha value is -0.570. The van der Waals surface area contributed by atoms with E-state index in [9.17, 15) is 4.79 Å².